The van der Waals surface area contributed by atoms with E-state index >= 15 is 0 Å². The number of hydrogen-bond donors (Lipinski definition) is 0. The van der Waals surface area contributed by atoms with Gasteiger partial charge in [-0.05, 0) is 37.5 Å². The highest BCUT2D eigenvalue weighted by Gasteiger charge is 2.38. The van der Waals surface area contributed by atoms with Crippen molar-refractivity contribution in [3.63, 3.8) is 0 Å². The van der Waals surface area contributed by atoms with Gasteiger partial charge in [-0.25, -0.2) is 5.01 Å². The SMILES string of the molecule is COc1ccc(C2=NN(C(=O)CN(CCN3CCOCC3)C(=O)C3CC3)[C@H](c3ccc(C)cc3)C2)c(OC)c1. The third-order valence-corrected chi connectivity index (χ3v) is 7.70. The third-order valence-electron chi connectivity index (χ3n) is 7.70. The summed E-state index contributed by atoms with van der Waals surface area (Å²) in [6, 6.07) is 13.5. The predicted molar refractivity (Wildman–Crippen MR) is 148 cm³/mol. The van der Waals surface area contributed by atoms with Crippen LogP contribution in [0.1, 0.15) is 42.0 Å². The number of hydrazone groups is 1. The number of benzene rings is 2. The summed E-state index contributed by atoms with van der Waals surface area (Å²) in [5.41, 5.74) is 3.75. The molecule has 2 amide bonds. The van der Waals surface area contributed by atoms with Crippen molar-refractivity contribution in [1.82, 2.24) is 14.8 Å². The summed E-state index contributed by atoms with van der Waals surface area (Å²) in [6.45, 7) is 6.40. The zero-order valence-electron chi connectivity index (χ0n) is 23.1. The molecule has 2 aromatic rings. The minimum atomic E-state index is -0.267. The van der Waals surface area contributed by atoms with E-state index in [1.807, 2.05) is 25.1 Å². The van der Waals surface area contributed by atoms with Gasteiger partial charge in [0.1, 0.15) is 18.0 Å². The van der Waals surface area contributed by atoms with Crippen LogP contribution < -0.4 is 9.47 Å². The monoisotopic (exact) mass is 534 g/mol. The lowest BCUT2D eigenvalue weighted by molar-refractivity contribution is -0.142. The fraction of sp³-hybridized carbons (Fsp3) is 0.500. The largest absolute Gasteiger partial charge is 0.497 e. The summed E-state index contributed by atoms with van der Waals surface area (Å²) >= 11 is 0. The fourth-order valence-corrected chi connectivity index (χ4v) is 5.17. The number of carbonyl (C=O) groups is 2. The van der Waals surface area contributed by atoms with Gasteiger partial charge in [0.25, 0.3) is 5.91 Å². The lowest BCUT2D eigenvalue weighted by Crippen LogP contribution is -2.47. The number of methoxy groups -OCH3 is 2. The van der Waals surface area contributed by atoms with Gasteiger partial charge in [0.2, 0.25) is 5.91 Å². The second-order valence-electron chi connectivity index (χ2n) is 10.5. The second-order valence-corrected chi connectivity index (χ2v) is 10.5. The van der Waals surface area contributed by atoms with Crippen LogP contribution >= 0.6 is 0 Å². The van der Waals surface area contributed by atoms with Crippen molar-refractivity contribution < 1.29 is 23.8 Å². The van der Waals surface area contributed by atoms with Gasteiger partial charge in [-0.2, -0.15) is 5.10 Å². The van der Waals surface area contributed by atoms with Crippen molar-refractivity contribution in [2.75, 3.05) is 60.2 Å². The van der Waals surface area contributed by atoms with E-state index < -0.39 is 0 Å². The van der Waals surface area contributed by atoms with Gasteiger partial charge in [-0.1, -0.05) is 29.8 Å². The first-order valence-corrected chi connectivity index (χ1v) is 13.7. The van der Waals surface area contributed by atoms with Crippen LogP contribution in [0.2, 0.25) is 0 Å². The molecule has 208 valence electrons. The maximum atomic E-state index is 13.9. The van der Waals surface area contributed by atoms with Crippen molar-refractivity contribution >= 4 is 17.5 Å². The molecule has 1 atom stereocenters. The molecule has 0 unspecified atom stereocenters. The zero-order chi connectivity index (χ0) is 27.4. The number of morpholine rings is 1. The van der Waals surface area contributed by atoms with Crippen LogP contribution in [0.15, 0.2) is 47.6 Å². The molecule has 39 heavy (non-hydrogen) atoms. The van der Waals surface area contributed by atoms with Crippen molar-refractivity contribution in [3.05, 3.63) is 59.2 Å². The molecule has 0 N–H and O–H groups in total. The Morgan fingerprint density at radius 3 is 2.46 bits per heavy atom. The molecule has 0 radical (unpaired) electrons. The van der Waals surface area contributed by atoms with Crippen molar-refractivity contribution in [2.24, 2.45) is 11.0 Å². The lowest BCUT2D eigenvalue weighted by Gasteiger charge is -2.31. The summed E-state index contributed by atoms with van der Waals surface area (Å²) < 4.78 is 16.5. The van der Waals surface area contributed by atoms with Crippen LogP contribution in [0.3, 0.4) is 0 Å². The number of rotatable bonds is 10. The van der Waals surface area contributed by atoms with Crippen LogP contribution in [0.25, 0.3) is 0 Å². The molecular formula is C30H38N4O5. The Morgan fingerprint density at radius 2 is 1.79 bits per heavy atom. The first-order chi connectivity index (χ1) is 19.0. The van der Waals surface area contributed by atoms with Crippen molar-refractivity contribution in [2.45, 2.75) is 32.2 Å². The maximum absolute atomic E-state index is 13.9. The van der Waals surface area contributed by atoms with E-state index in [4.69, 9.17) is 19.3 Å². The van der Waals surface area contributed by atoms with Crippen LogP contribution in [-0.2, 0) is 14.3 Å². The van der Waals surface area contributed by atoms with Gasteiger partial charge in [0.15, 0.2) is 0 Å². The first kappa shape index (κ1) is 27.1. The minimum Gasteiger partial charge on any atom is -0.497 e. The topological polar surface area (TPSA) is 83.9 Å². The Labute approximate surface area is 230 Å². The number of aryl methyl sites for hydroxylation is 1. The van der Waals surface area contributed by atoms with Gasteiger partial charge in [0, 0.05) is 50.1 Å². The predicted octanol–water partition coefficient (Wildman–Crippen LogP) is 3.26. The number of nitrogens with zero attached hydrogens (tertiary/aromatic N) is 4. The van der Waals surface area contributed by atoms with E-state index in [1.54, 1.807) is 24.1 Å². The van der Waals surface area contributed by atoms with Crippen LogP contribution in [0, 0.1) is 12.8 Å². The summed E-state index contributed by atoms with van der Waals surface area (Å²) in [4.78, 5) is 31.1. The summed E-state index contributed by atoms with van der Waals surface area (Å²) in [5.74, 6) is 1.26. The third kappa shape index (κ3) is 6.42. The fourth-order valence-electron chi connectivity index (χ4n) is 5.17. The Bertz CT molecular complexity index is 1200. The molecule has 2 aliphatic heterocycles. The zero-order valence-corrected chi connectivity index (χ0v) is 23.1. The molecule has 9 nitrogen and oxygen atoms in total. The summed E-state index contributed by atoms with van der Waals surface area (Å²) in [5, 5.41) is 6.42. The molecule has 0 aromatic heterocycles. The van der Waals surface area contributed by atoms with Crippen LogP contribution in [0.4, 0.5) is 0 Å². The normalized spacial score (nSPS) is 19.5. The van der Waals surface area contributed by atoms with E-state index in [0.717, 1.165) is 54.9 Å². The van der Waals surface area contributed by atoms with Crippen LogP contribution in [0.5, 0.6) is 11.5 Å². The lowest BCUT2D eigenvalue weighted by atomic mass is 9.97. The van der Waals surface area contributed by atoms with E-state index in [1.165, 1.54) is 0 Å². The number of carbonyl (C=O) groups excluding carboxylic acids is 2. The van der Waals surface area contributed by atoms with E-state index in [2.05, 4.69) is 29.2 Å². The highest BCUT2D eigenvalue weighted by Crippen LogP contribution is 2.37. The number of ether oxygens (including phenoxy) is 3. The van der Waals surface area contributed by atoms with Crippen molar-refractivity contribution in [3.8, 4) is 11.5 Å². The Morgan fingerprint density at radius 1 is 1.05 bits per heavy atom. The van der Waals surface area contributed by atoms with Gasteiger partial charge in [-0.15, -0.1) is 0 Å². The smallest absolute Gasteiger partial charge is 0.262 e. The number of amides is 2. The van der Waals surface area contributed by atoms with E-state index in [0.29, 0.717) is 37.7 Å². The van der Waals surface area contributed by atoms with Crippen molar-refractivity contribution in [1.29, 1.82) is 0 Å². The molecule has 2 aromatic carbocycles. The Hall–Kier alpha value is -3.43. The maximum Gasteiger partial charge on any atom is 0.262 e. The quantitative estimate of drug-likeness (QED) is 0.465. The molecule has 9 heteroatoms. The molecule has 0 bridgehead atoms. The summed E-state index contributed by atoms with van der Waals surface area (Å²) in [7, 11) is 3.23. The molecule has 0 spiro atoms. The van der Waals surface area contributed by atoms with E-state index in [9.17, 15) is 9.59 Å². The minimum absolute atomic E-state index is 0.0125. The highest BCUT2D eigenvalue weighted by molar-refractivity contribution is 6.05. The average Bonchev–Trinajstić information content (AvgIpc) is 3.73. The standard InChI is InChI=1S/C30H38N4O5/c1-21-4-6-22(7-5-21)27-19-26(25-11-10-24(37-2)18-28(25)38-3)31-34(27)29(35)20-33(30(36)23-8-9-23)13-12-32-14-16-39-17-15-32/h4-7,10-11,18,23,27H,8-9,12-17,19-20H2,1-3H3/t27-/m0/s1. The van der Waals surface area contributed by atoms with Gasteiger partial charge >= 0.3 is 0 Å². The molecule has 2 heterocycles. The van der Waals surface area contributed by atoms with Gasteiger partial charge in [-0.3, -0.25) is 14.5 Å². The van der Waals surface area contributed by atoms with Crippen LogP contribution in [-0.4, -0.2) is 92.5 Å². The van der Waals surface area contributed by atoms with E-state index in [-0.39, 0.29) is 30.3 Å². The first-order valence-electron chi connectivity index (χ1n) is 13.7. The molecular weight excluding hydrogens is 496 g/mol. The van der Waals surface area contributed by atoms with Gasteiger partial charge in [0.05, 0.1) is 39.2 Å². The number of hydrogen-bond acceptors (Lipinski definition) is 7. The molecule has 2 fully saturated rings. The molecule has 5 rings (SSSR count). The Kier molecular flexibility index (Phi) is 8.47. The summed E-state index contributed by atoms with van der Waals surface area (Å²) in [6.07, 6.45) is 2.34. The second kappa shape index (κ2) is 12.2. The van der Waals surface area contributed by atoms with Gasteiger partial charge < -0.3 is 19.1 Å². The molecule has 1 saturated carbocycles. The Balaban J connectivity index is 1.40. The highest BCUT2D eigenvalue weighted by atomic mass is 16.5. The molecule has 1 aliphatic carbocycles. The molecule has 1 saturated heterocycles. The molecule has 3 aliphatic rings. The average molecular weight is 535 g/mol.